The van der Waals surface area contributed by atoms with E-state index in [2.05, 4.69) is 15.2 Å². The Bertz CT molecular complexity index is 218. The van der Waals surface area contributed by atoms with Gasteiger partial charge in [0.25, 0.3) is 0 Å². The fourth-order valence-electron chi connectivity index (χ4n) is 2.61. The van der Waals surface area contributed by atoms with Gasteiger partial charge in [-0.1, -0.05) is 6.42 Å². The molecule has 1 heterocycles. The SMILES string of the molecule is CN=C(NC)N1CCC2(CCC2)C1. The first-order valence-electron chi connectivity index (χ1n) is 5.19. The number of rotatable bonds is 0. The van der Waals surface area contributed by atoms with Crippen molar-refractivity contribution >= 4 is 5.96 Å². The molecule has 2 fully saturated rings. The number of nitrogens with one attached hydrogen (secondary N) is 1. The van der Waals surface area contributed by atoms with Crippen molar-refractivity contribution in [2.75, 3.05) is 27.2 Å². The van der Waals surface area contributed by atoms with Gasteiger partial charge < -0.3 is 10.2 Å². The molecule has 1 saturated heterocycles. The minimum Gasteiger partial charge on any atom is -0.359 e. The minimum absolute atomic E-state index is 0.673. The molecule has 74 valence electrons. The van der Waals surface area contributed by atoms with Gasteiger partial charge in [0.2, 0.25) is 0 Å². The number of aliphatic imine (C=N–C) groups is 1. The Hall–Kier alpha value is -0.730. The molecule has 2 aliphatic rings. The van der Waals surface area contributed by atoms with Crippen molar-refractivity contribution in [3.05, 3.63) is 0 Å². The maximum Gasteiger partial charge on any atom is 0.193 e. The molecule has 0 aromatic carbocycles. The van der Waals surface area contributed by atoms with Crippen LogP contribution in [0.4, 0.5) is 0 Å². The van der Waals surface area contributed by atoms with E-state index in [1.165, 1.54) is 38.8 Å². The van der Waals surface area contributed by atoms with Gasteiger partial charge in [-0.15, -0.1) is 0 Å². The molecule has 13 heavy (non-hydrogen) atoms. The van der Waals surface area contributed by atoms with E-state index in [-0.39, 0.29) is 0 Å². The monoisotopic (exact) mass is 181 g/mol. The van der Waals surface area contributed by atoms with Crippen LogP contribution in [0.5, 0.6) is 0 Å². The highest BCUT2D eigenvalue weighted by Crippen LogP contribution is 2.47. The number of hydrogen-bond acceptors (Lipinski definition) is 1. The Morgan fingerprint density at radius 1 is 1.38 bits per heavy atom. The summed E-state index contributed by atoms with van der Waals surface area (Å²) >= 11 is 0. The lowest BCUT2D eigenvalue weighted by Crippen LogP contribution is -2.41. The summed E-state index contributed by atoms with van der Waals surface area (Å²) < 4.78 is 0. The molecule has 3 nitrogen and oxygen atoms in total. The van der Waals surface area contributed by atoms with Crippen LogP contribution in [0.25, 0.3) is 0 Å². The van der Waals surface area contributed by atoms with Crippen LogP contribution in [-0.4, -0.2) is 38.0 Å². The third-order valence-corrected chi connectivity index (χ3v) is 3.59. The fourth-order valence-corrected chi connectivity index (χ4v) is 2.61. The first-order chi connectivity index (χ1) is 6.29. The lowest BCUT2D eigenvalue weighted by molar-refractivity contribution is 0.151. The van der Waals surface area contributed by atoms with Crippen LogP contribution < -0.4 is 5.32 Å². The van der Waals surface area contributed by atoms with Crippen LogP contribution in [0.3, 0.4) is 0 Å². The van der Waals surface area contributed by atoms with Gasteiger partial charge in [-0.05, 0) is 24.7 Å². The second-order valence-corrected chi connectivity index (χ2v) is 4.32. The molecular weight excluding hydrogens is 162 g/mol. The Morgan fingerprint density at radius 2 is 2.15 bits per heavy atom. The predicted octanol–water partition coefficient (Wildman–Crippen LogP) is 1.07. The van der Waals surface area contributed by atoms with Gasteiger partial charge in [0.1, 0.15) is 0 Å². The zero-order valence-electron chi connectivity index (χ0n) is 8.64. The molecular formula is C10H19N3. The van der Waals surface area contributed by atoms with Crippen molar-refractivity contribution in [3.8, 4) is 0 Å². The lowest BCUT2D eigenvalue weighted by Gasteiger charge is -2.38. The molecule has 0 aromatic rings. The first kappa shape index (κ1) is 8.85. The molecule has 1 spiro atoms. The summed E-state index contributed by atoms with van der Waals surface area (Å²) in [6, 6.07) is 0. The molecule has 1 saturated carbocycles. The topological polar surface area (TPSA) is 27.6 Å². The van der Waals surface area contributed by atoms with Crippen LogP contribution in [0.2, 0.25) is 0 Å². The van der Waals surface area contributed by atoms with E-state index in [9.17, 15) is 0 Å². The summed E-state index contributed by atoms with van der Waals surface area (Å²) in [6.45, 7) is 2.41. The van der Waals surface area contributed by atoms with E-state index in [4.69, 9.17) is 0 Å². The van der Waals surface area contributed by atoms with Crippen molar-refractivity contribution < 1.29 is 0 Å². The highest BCUT2D eigenvalue weighted by molar-refractivity contribution is 5.79. The maximum absolute atomic E-state index is 4.24. The highest BCUT2D eigenvalue weighted by atomic mass is 15.3. The largest absolute Gasteiger partial charge is 0.359 e. The van der Waals surface area contributed by atoms with Gasteiger partial charge in [0.15, 0.2) is 5.96 Å². The highest BCUT2D eigenvalue weighted by Gasteiger charge is 2.43. The molecule has 0 radical (unpaired) electrons. The fraction of sp³-hybridized carbons (Fsp3) is 0.900. The minimum atomic E-state index is 0.673. The van der Waals surface area contributed by atoms with Gasteiger partial charge in [0, 0.05) is 27.2 Å². The third-order valence-electron chi connectivity index (χ3n) is 3.59. The van der Waals surface area contributed by atoms with E-state index in [1.807, 2.05) is 14.1 Å². The van der Waals surface area contributed by atoms with Gasteiger partial charge in [-0.3, -0.25) is 4.99 Å². The van der Waals surface area contributed by atoms with Gasteiger partial charge in [-0.25, -0.2) is 0 Å². The number of likely N-dealkylation sites (tertiary alicyclic amines) is 1. The third kappa shape index (κ3) is 1.40. The van der Waals surface area contributed by atoms with Crippen molar-refractivity contribution in [2.24, 2.45) is 10.4 Å². The van der Waals surface area contributed by atoms with Gasteiger partial charge >= 0.3 is 0 Å². The molecule has 1 aliphatic carbocycles. The molecule has 1 aliphatic heterocycles. The van der Waals surface area contributed by atoms with Crippen LogP contribution in [-0.2, 0) is 0 Å². The van der Waals surface area contributed by atoms with Crippen molar-refractivity contribution in [3.63, 3.8) is 0 Å². The Kier molecular flexibility index (Phi) is 2.18. The molecule has 0 amide bonds. The van der Waals surface area contributed by atoms with Crippen molar-refractivity contribution in [1.29, 1.82) is 0 Å². The molecule has 3 heteroatoms. The molecule has 1 N–H and O–H groups in total. The average molecular weight is 181 g/mol. The maximum atomic E-state index is 4.24. The van der Waals surface area contributed by atoms with Crippen LogP contribution in [0, 0.1) is 5.41 Å². The number of guanidine groups is 1. The van der Waals surface area contributed by atoms with Gasteiger partial charge in [-0.2, -0.15) is 0 Å². The van der Waals surface area contributed by atoms with Crippen LogP contribution >= 0.6 is 0 Å². The Balaban J connectivity index is 1.97. The van der Waals surface area contributed by atoms with E-state index < -0.39 is 0 Å². The van der Waals surface area contributed by atoms with Crippen LogP contribution in [0.15, 0.2) is 4.99 Å². The molecule has 0 aromatic heterocycles. The van der Waals surface area contributed by atoms with Gasteiger partial charge in [0.05, 0.1) is 0 Å². The molecule has 0 bridgehead atoms. The van der Waals surface area contributed by atoms with Crippen molar-refractivity contribution in [2.45, 2.75) is 25.7 Å². The standard InChI is InChI=1S/C10H19N3/c1-11-9(12-2)13-7-6-10(8-13)4-3-5-10/h3-8H2,1-2H3,(H,11,12). The Labute approximate surface area is 80.2 Å². The van der Waals surface area contributed by atoms with E-state index in [0.717, 1.165) is 5.96 Å². The molecule has 0 unspecified atom stereocenters. The molecule has 0 atom stereocenters. The summed E-state index contributed by atoms with van der Waals surface area (Å²) in [7, 11) is 3.81. The normalized spacial score (nSPS) is 26.3. The number of hydrogen-bond donors (Lipinski definition) is 1. The molecule has 2 rings (SSSR count). The number of nitrogens with zero attached hydrogens (tertiary/aromatic N) is 2. The summed E-state index contributed by atoms with van der Waals surface area (Å²) in [5.41, 5.74) is 0.673. The van der Waals surface area contributed by atoms with Crippen LogP contribution in [0.1, 0.15) is 25.7 Å². The zero-order chi connectivity index (χ0) is 9.31. The van der Waals surface area contributed by atoms with E-state index >= 15 is 0 Å². The summed E-state index contributed by atoms with van der Waals surface area (Å²) in [6.07, 6.45) is 5.67. The zero-order valence-corrected chi connectivity index (χ0v) is 8.64. The predicted molar refractivity (Wildman–Crippen MR) is 54.9 cm³/mol. The second kappa shape index (κ2) is 3.20. The van der Waals surface area contributed by atoms with Crippen molar-refractivity contribution in [1.82, 2.24) is 10.2 Å². The summed E-state index contributed by atoms with van der Waals surface area (Å²) in [4.78, 5) is 6.63. The average Bonchev–Trinajstić information content (AvgIpc) is 2.51. The van der Waals surface area contributed by atoms with E-state index in [1.54, 1.807) is 0 Å². The lowest BCUT2D eigenvalue weighted by atomic mass is 9.68. The summed E-state index contributed by atoms with van der Waals surface area (Å²) in [5, 5.41) is 3.16. The first-order valence-corrected chi connectivity index (χ1v) is 5.19. The Morgan fingerprint density at radius 3 is 2.54 bits per heavy atom. The second-order valence-electron chi connectivity index (χ2n) is 4.32. The smallest absolute Gasteiger partial charge is 0.193 e. The van der Waals surface area contributed by atoms with E-state index in [0.29, 0.717) is 5.41 Å². The quantitative estimate of drug-likeness (QED) is 0.447. The summed E-state index contributed by atoms with van der Waals surface area (Å²) in [5.74, 6) is 1.06.